The summed E-state index contributed by atoms with van der Waals surface area (Å²) >= 11 is 1.56. The maximum absolute atomic E-state index is 13.1. The first-order chi connectivity index (χ1) is 15.1. The van der Waals surface area contributed by atoms with E-state index in [1.807, 2.05) is 43.3 Å². The standard InChI is InChI=1S/C24H25N3O3S/c1-3-30-21-10-9-18(11-22(21)29-2)19-12-23(28)27-15-26(14-17-7-5-4-6-8-17)16-31-24(27)20(19)13-25/h4-11,19H,3,12,14-16H2,1-2H3. The van der Waals surface area contributed by atoms with E-state index >= 15 is 0 Å². The Labute approximate surface area is 187 Å². The summed E-state index contributed by atoms with van der Waals surface area (Å²) in [5, 5.41) is 10.8. The third-order valence-electron chi connectivity index (χ3n) is 5.49. The predicted molar refractivity (Wildman–Crippen MR) is 120 cm³/mol. The minimum absolute atomic E-state index is 0.0390. The number of carbonyl (C=O) groups is 1. The van der Waals surface area contributed by atoms with Crippen LogP contribution in [-0.4, -0.2) is 42.0 Å². The summed E-state index contributed by atoms with van der Waals surface area (Å²) in [6.45, 7) is 3.73. The van der Waals surface area contributed by atoms with Gasteiger partial charge < -0.3 is 9.47 Å². The Morgan fingerprint density at radius 1 is 1.19 bits per heavy atom. The highest BCUT2D eigenvalue weighted by molar-refractivity contribution is 8.03. The molecule has 0 aliphatic carbocycles. The van der Waals surface area contributed by atoms with Gasteiger partial charge in [-0.15, -0.1) is 0 Å². The van der Waals surface area contributed by atoms with Gasteiger partial charge in [0.05, 0.1) is 42.9 Å². The maximum atomic E-state index is 13.1. The van der Waals surface area contributed by atoms with Crippen molar-refractivity contribution in [3.63, 3.8) is 0 Å². The molecule has 1 unspecified atom stereocenters. The molecular formula is C24H25N3O3S. The SMILES string of the molecule is CCOc1ccc(C2CC(=O)N3CN(Cc4ccccc4)CSC3=C2C#N)cc1OC. The molecule has 1 fully saturated rings. The number of amides is 1. The van der Waals surface area contributed by atoms with Crippen LogP contribution in [0.1, 0.15) is 30.4 Å². The molecule has 31 heavy (non-hydrogen) atoms. The smallest absolute Gasteiger partial charge is 0.229 e. The average Bonchev–Trinajstić information content (AvgIpc) is 2.80. The second kappa shape index (κ2) is 9.46. The summed E-state index contributed by atoms with van der Waals surface area (Å²) in [7, 11) is 1.59. The molecule has 0 N–H and O–H groups in total. The molecule has 2 aliphatic heterocycles. The minimum atomic E-state index is -0.276. The molecule has 2 heterocycles. The first-order valence-corrected chi connectivity index (χ1v) is 11.3. The van der Waals surface area contributed by atoms with Gasteiger partial charge in [-0.3, -0.25) is 14.6 Å². The highest BCUT2D eigenvalue weighted by atomic mass is 32.2. The number of benzene rings is 2. The first kappa shape index (κ1) is 21.3. The van der Waals surface area contributed by atoms with Crippen LogP contribution in [0.4, 0.5) is 0 Å². The summed E-state index contributed by atoms with van der Waals surface area (Å²) in [6.07, 6.45) is 0.267. The summed E-state index contributed by atoms with van der Waals surface area (Å²) in [6, 6.07) is 18.3. The quantitative estimate of drug-likeness (QED) is 0.674. The van der Waals surface area contributed by atoms with Gasteiger partial charge in [-0.1, -0.05) is 48.2 Å². The molecule has 2 aliphatic rings. The van der Waals surface area contributed by atoms with Gasteiger partial charge in [0.2, 0.25) is 5.91 Å². The highest BCUT2D eigenvalue weighted by Crippen LogP contribution is 2.44. The van der Waals surface area contributed by atoms with Crippen LogP contribution in [0.25, 0.3) is 0 Å². The molecule has 0 aromatic heterocycles. The highest BCUT2D eigenvalue weighted by Gasteiger charge is 2.38. The third kappa shape index (κ3) is 4.41. The van der Waals surface area contributed by atoms with Crippen molar-refractivity contribution in [2.75, 3.05) is 26.3 Å². The van der Waals surface area contributed by atoms with Crippen molar-refractivity contribution in [2.45, 2.75) is 25.8 Å². The second-order valence-electron chi connectivity index (χ2n) is 7.48. The van der Waals surface area contributed by atoms with Crippen LogP contribution >= 0.6 is 11.8 Å². The van der Waals surface area contributed by atoms with Crippen molar-refractivity contribution in [1.82, 2.24) is 9.80 Å². The molecule has 1 amide bonds. The minimum Gasteiger partial charge on any atom is -0.493 e. The number of methoxy groups -OCH3 is 1. The van der Waals surface area contributed by atoms with Crippen molar-refractivity contribution in [1.29, 1.82) is 5.26 Å². The summed E-state index contributed by atoms with van der Waals surface area (Å²) < 4.78 is 11.1. The topological polar surface area (TPSA) is 65.8 Å². The van der Waals surface area contributed by atoms with E-state index in [9.17, 15) is 10.1 Å². The number of hydrogen-bond donors (Lipinski definition) is 0. The Hall–Kier alpha value is -2.95. The van der Waals surface area contributed by atoms with Gasteiger partial charge in [0.1, 0.15) is 0 Å². The number of rotatable bonds is 6. The van der Waals surface area contributed by atoms with Gasteiger partial charge in [-0.2, -0.15) is 5.26 Å². The van der Waals surface area contributed by atoms with Gasteiger partial charge in [0.25, 0.3) is 0 Å². The van der Waals surface area contributed by atoms with Crippen molar-refractivity contribution in [2.24, 2.45) is 0 Å². The molecule has 0 saturated carbocycles. The lowest BCUT2D eigenvalue weighted by molar-refractivity contribution is -0.131. The van der Waals surface area contributed by atoms with E-state index in [2.05, 4.69) is 23.1 Å². The second-order valence-corrected chi connectivity index (χ2v) is 8.42. The number of ether oxygens (including phenoxy) is 2. The van der Waals surface area contributed by atoms with Crippen molar-refractivity contribution in [3.05, 3.63) is 70.3 Å². The maximum Gasteiger partial charge on any atom is 0.229 e. The third-order valence-corrected chi connectivity index (χ3v) is 6.70. The number of thioether (sulfide) groups is 1. The zero-order chi connectivity index (χ0) is 21.8. The van der Waals surface area contributed by atoms with E-state index in [0.717, 1.165) is 23.0 Å². The molecular weight excluding hydrogens is 410 g/mol. The normalized spacial score (nSPS) is 19.1. The van der Waals surface area contributed by atoms with Crippen LogP contribution < -0.4 is 9.47 Å². The van der Waals surface area contributed by atoms with Crippen molar-refractivity contribution >= 4 is 17.7 Å². The Kier molecular flexibility index (Phi) is 6.50. The fourth-order valence-corrected chi connectivity index (χ4v) is 5.15. The molecule has 160 valence electrons. The van der Waals surface area contributed by atoms with Gasteiger partial charge in [0, 0.05) is 18.9 Å². The fourth-order valence-electron chi connectivity index (χ4n) is 4.01. The largest absolute Gasteiger partial charge is 0.493 e. The molecule has 0 radical (unpaired) electrons. The van der Waals surface area contributed by atoms with Crippen LogP contribution in [0.15, 0.2) is 59.1 Å². The zero-order valence-corrected chi connectivity index (χ0v) is 18.5. The monoisotopic (exact) mass is 435 g/mol. The molecule has 2 aromatic carbocycles. The average molecular weight is 436 g/mol. The van der Waals surface area contributed by atoms with Crippen LogP contribution in [0.5, 0.6) is 11.5 Å². The molecule has 6 nitrogen and oxygen atoms in total. The molecule has 1 saturated heterocycles. The van der Waals surface area contributed by atoms with Crippen LogP contribution in [-0.2, 0) is 11.3 Å². The summed E-state index contributed by atoms with van der Waals surface area (Å²) in [5.74, 6) is 1.77. The van der Waals surface area contributed by atoms with Gasteiger partial charge in [-0.25, -0.2) is 0 Å². The molecule has 1 atom stereocenters. The lowest BCUT2D eigenvalue weighted by atomic mass is 9.86. The number of nitrogens with zero attached hydrogens (tertiary/aromatic N) is 3. The van der Waals surface area contributed by atoms with E-state index < -0.39 is 0 Å². The van der Waals surface area contributed by atoms with Gasteiger partial charge in [0.15, 0.2) is 11.5 Å². The van der Waals surface area contributed by atoms with Crippen LogP contribution in [0.2, 0.25) is 0 Å². The van der Waals surface area contributed by atoms with E-state index in [0.29, 0.717) is 30.3 Å². The molecule has 7 heteroatoms. The number of carbonyl (C=O) groups excluding carboxylic acids is 1. The lowest BCUT2D eigenvalue weighted by Crippen LogP contribution is -2.46. The molecule has 0 bridgehead atoms. The summed E-state index contributed by atoms with van der Waals surface area (Å²) in [4.78, 5) is 17.1. The number of fused-ring (bicyclic) bond motifs is 1. The van der Waals surface area contributed by atoms with E-state index in [-0.39, 0.29) is 18.2 Å². The predicted octanol–water partition coefficient (Wildman–Crippen LogP) is 4.31. The van der Waals surface area contributed by atoms with Gasteiger partial charge >= 0.3 is 0 Å². The van der Waals surface area contributed by atoms with Crippen molar-refractivity contribution < 1.29 is 14.3 Å². The number of hydrogen-bond acceptors (Lipinski definition) is 6. The van der Waals surface area contributed by atoms with Crippen LogP contribution in [0, 0.1) is 11.3 Å². The number of allylic oxidation sites excluding steroid dienone is 1. The van der Waals surface area contributed by atoms with Crippen LogP contribution in [0.3, 0.4) is 0 Å². The summed E-state index contributed by atoms with van der Waals surface area (Å²) in [5.41, 5.74) is 2.75. The van der Waals surface area contributed by atoms with E-state index in [4.69, 9.17) is 9.47 Å². The van der Waals surface area contributed by atoms with E-state index in [1.165, 1.54) is 5.56 Å². The lowest BCUT2D eigenvalue weighted by Gasteiger charge is -2.41. The Bertz CT molecular complexity index is 1030. The molecule has 0 spiro atoms. The Balaban J connectivity index is 1.60. The fraction of sp³-hybridized carbons (Fsp3) is 0.333. The van der Waals surface area contributed by atoms with Gasteiger partial charge in [-0.05, 0) is 30.2 Å². The van der Waals surface area contributed by atoms with E-state index in [1.54, 1.807) is 23.8 Å². The Morgan fingerprint density at radius 2 is 2.00 bits per heavy atom. The zero-order valence-electron chi connectivity index (χ0n) is 17.7. The first-order valence-electron chi connectivity index (χ1n) is 10.3. The number of nitriles is 1. The van der Waals surface area contributed by atoms with Crippen molar-refractivity contribution in [3.8, 4) is 17.6 Å². The Morgan fingerprint density at radius 3 is 2.71 bits per heavy atom. The molecule has 4 rings (SSSR count). The molecule has 2 aromatic rings.